The molecule has 0 aliphatic rings. The van der Waals surface area contributed by atoms with E-state index >= 15 is 0 Å². The summed E-state index contributed by atoms with van der Waals surface area (Å²) in [6.07, 6.45) is -4.88. The SMILES string of the molecule is COc1cc(C(O)C(CO)Oc2c(OC)cc(C(O)C(CO)Oc3ccccc3OC)cc2OC)ccc1O. The molecule has 4 unspecified atom stereocenters. The van der Waals surface area contributed by atoms with Crippen LogP contribution < -0.4 is 28.4 Å². The highest BCUT2D eigenvalue weighted by Crippen LogP contribution is 2.43. The van der Waals surface area contributed by atoms with Crippen molar-refractivity contribution in [1.82, 2.24) is 0 Å². The molecule has 0 radical (unpaired) electrons. The number of phenolic OH excluding ortho intramolecular Hbond substituents is 1. The fourth-order valence-electron chi connectivity index (χ4n) is 3.93. The molecular formula is C28H34O11. The minimum Gasteiger partial charge on any atom is -0.504 e. The van der Waals surface area contributed by atoms with E-state index in [0.717, 1.165) is 0 Å². The van der Waals surface area contributed by atoms with Gasteiger partial charge in [0.05, 0.1) is 41.7 Å². The second-order valence-corrected chi connectivity index (χ2v) is 8.40. The molecule has 11 nitrogen and oxygen atoms in total. The Hall–Kier alpha value is -3.90. The Morgan fingerprint density at radius 3 is 1.62 bits per heavy atom. The van der Waals surface area contributed by atoms with Crippen LogP contribution in [0.2, 0.25) is 0 Å². The summed E-state index contributed by atoms with van der Waals surface area (Å²) < 4.78 is 33.1. The second kappa shape index (κ2) is 13.8. The summed E-state index contributed by atoms with van der Waals surface area (Å²) in [5.41, 5.74) is 0.613. The van der Waals surface area contributed by atoms with Gasteiger partial charge in [-0.1, -0.05) is 18.2 Å². The molecule has 212 valence electrons. The number of hydrogen-bond acceptors (Lipinski definition) is 11. The van der Waals surface area contributed by atoms with E-state index in [4.69, 9.17) is 28.4 Å². The molecule has 0 spiro atoms. The summed E-state index contributed by atoms with van der Waals surface area (Å²) in [4.78, 5) is 0. The molecule has 0 saturated heterocycles. The van der Waals surface area contributed by atoms with Crippen molar-refractivity contribution in [2.45, 2.75) is 24.4 Å². The van der Waals surface area contributed by atoms with Crippen LogP contribution in [0.25, 0.3) is 0 Å². The van der Waals surface area contributed by atoms with Crippen molar-refractivity contribution >= 4 is 0 Å². The highest BCUT2D eigenvalue weighted by Gasteiger charge is 2.30. The zero-order valence-electron chi connectivity index (χ0n) is 22.1. The van der Waals surface area contributed by atoms with Crippen LogP contribution in [0.5, 0.6) is 40.2 Å². The fraction of sp³-hybridized carbons (Fsp3) is 0.357. The fourth-order valence-corrected chi connectivity index (χ4v) is 3.93. The standard InChI is InChI=1S/C28H34O11/c1-34-19-7-5-6-8-20(19)38-24(14-29)27(33)17-12-22(36-3)28(23(13-17)37-4)39-25(15-30)26(32)16-9-10-18(31)21(11-16)35-2/h5-13,24-27,29-33H,14-15H2,1-4H3. The highest BCUT2D eigenvalue weighted by atomic mass is 16.6. The van der Waals surface area contributed by atoms with E-state index in [1.807, 2.05) is 0 Å². The Bertz CT molecular complexity index is 1190. The predicted octanol–water partition coefficient (Wildman–Crippen LogP) is 2.37. The van der Waals surface area contributed by atoms with Crippen LogP contribution in [-0.2, 0) is 0 Å². The number of para-hydroxylation sites is 2. The van der Waals surface area contributed by atoms with Crippen molar-refractivity contribution in [2.24, 2.45) is 0 Å². The zero-order chi connectivity index (χ0) is 28.5. The van der Waals surface area contributed by atoms with Crippen molar-refractivity contribution in [3.05, 3.63) is 65.7 Å². The number of benzene rings is 3. The Balaban J connectivity index is 1.91. The van der Waals surface area contributed by atoms with Crippen LogP contribution in [0.4, 0.5) is 0 Å². The van der Waals surface area contributed by atoms with Gasteiger partial charge in [0.25, 0.3) is 0 Å². The van der Waals surface area contributed by atoms with Crippen molar-refractivity contribution in [3.8, 4) is 40.2 Å². The van der Waals surface area contributed by atoms with Gasteiger partial charge in [-0.05, 0) is 47.5 Å². The Morgan fingerprint density at radius 2 is 1.08 bits per heavy atom. The molecular weight excluding hydrogens is 512 g/mol. The number of aliphatic hydroxyl groups excluding tert-OH is 4. The third kappa shape index (κ3) is 6.76. The number of aromatic hydroxyl groups is 1. The smallest absolute Gasteiger partial charge is 0.204 e. The number of ether oxygens (including phenoxy) is 6. The molecule has 5 N–H and O–H groups in total. The minimum absolute atomic E-state index is 0.0611. The van der Waals surface area contributed by atoms with Gasteiger partial charge in [-0.15, -0.1) is 0 Å². The lowest BCUT2D eigenvalue weighted by atomic mass is 10.0. The molecule has 11 heteroatoms. The first-order valence-electron chi connectivity index (χ1n) is 12.0. The molecule has 39 heavy (non-hydrogen) atoms. The topological polar surface area (TPSA) is 157 Å². The molecule has 0 heterocycles. The molecule has 0 bridgehead atoms. The third-order valence-corrected chi connectivity index (χ3v) is 6.05. The van der Waals surface area contributed by atoms with Crippen molar-refractivity contribution in [1.29, 1.82) is 0 Å². The summed E-state index contributed by atoms with van der Waals surface area (Å²) in [7, 11) is 5.61. The quantitative estimate of drug-likeness (QED) is 0.202. The van der Waals surface area contributed by atoms with Gasteiger partial charge in [0.15, 0.2) is 46.7 Å². The van der Waals surface area contributed by atoms with E-state index in [0.29, 0.717) is 17.1 Å². The summed E-state index contributed by atoms with van der Waals surface area (Å²) >= 11 is 0. The monoisotopic (exact) mass is 546 g/mol. The zero-order valence-corrected chi connectivity index (χ0v) is 22.1. The largest absolute Gasteiger partial charge is 0.504 e. The number of hydrogen-bond donors (Lipinski definition) is 5. The first-order chi connectivity index (χ1) is 18.8. The van der Waals surface area contributed by atoms with Gasteiger partial charge in [-0.2, -0.15) is 0 Å². The summed E-state index contributed by atoms with van der Waals surface area (Å²) in [5, 5.41) is 51.8. The molecule has 0 aromatic heterocycles. The van der Waals surface area contributed by atoms with E-state index < -0.39 is 37.6 Å². The van der Waals surface area contributed by atoms with Crippen LogP contribution in [-0.4, -0.2) is 79.4 Å². The van der Waals surface area contributed by atoms with Crippen LogP contribution in [0.3, 0.4) is 0 Å². The van der Waals surface area contributed by atoms with Crippen molar-refractivity contribution in [3.63, 3.8) is 0 Å². The molecule has 0 aliphatic carbocycles. The van der Waals surface area contributed by atoms with Gasteiger partial charge in [-0.3, -0.25) is 0 Å². The number of rotatable bonds is 14. The summed E-state index contributed by atoms with van der Waals surface area (Å²) in [5.74, 6) is 1.13. The normalized spacial score (nSPS) is 14.1. The first-order valence-corrected chi connectivity index (χ1v) is 12.0. The minimum atomic E-state index is -1.32. The van der Waals surface area contributed by atoms with Gasteiger partial charge in [-0.25, -0.2) is 0 Å². The van der Waals surface area contributed by atoms with E-state index in [1.54, 1.807) is 24.3 Å². The average molecular weight is 547 g/mol. The maximum absolute atomic E-state index is 11.1. The molecule has 0 saturated carbocycles. The van der Waals surface area contributed by atoms with Crippen LogP contribution in [0, 0.1) is 0 Å². The van der Waals surface area contributed by atoms with E-state index in [1.165, 1.54) is 58.8 Å². The number of methoxy groups -OCH3 is 4. The van der Waals surface area contributed by atoms with Gasteiger partial charge < -0.3 is 54.0 Å². The molecule has 0 aliphatic heterocycles. The average Bonchev–Trinajstić information content (AvgIpc) is 2.97. The lowest BCUT2D eigenvalue weighted by molar-refractivity contribution is -0.00372. The van der Waals surface area contributed by atoms with Gasteiger partial charge >= 0.3 is 0 Å². The predicted molar refractivity (Wildman–Crippen MR) is 140 cm³/mol. The molecule has 4 atom stereocenters. The first kappa shape index (κ1) is 29.7. The van der Waals surface area contributed by atoms with Gasteiger partial charge in [0, 0.05) is 0 Å². The van der Waals surface area contributed by atoms with Crippen molar-refractivity contribution < 1.29 is 54.0 Å². The third-order valence-electron chi connectivity index (χ3n) is 6.05. The Kier molecular flexibility index (Phi) is 10.5. The number of aliphatic hydroxyl groups is 4. The Labute approximate surface area is 226 Å². The summed E-state index contributed by atoms with van der Waals surface area (Å²) in [6.45, 7) is -1.10. The lowest BCUT2D eigenvalue weighted by Gasteiger charge is -2.27. The molecule has 3 aromatic carbocycles. The molecule has 0 fully saturated rings. The molecule has 0 amide bonds. The maximum atomic E-state index is 11.1. The maximum Gasteiger partial charge on any atom is 0.204 e. The van der Waals surface area contributed by atoms with Crippen LogP contribution >= 0.6 is 0 Å². The summed E-state index contributed by atoms with van der Waals surface area (Å²) in [6, 6.07) is 14.0. The van der Waals surface area contributed by atoms with E-state index in [-0.39, 0.29) is 34.3 Å². The van der Waals surface area contributed by atoms with Gasteiger partial charge in [0.2, 0.25) is 5.75 Å². The van der Waals surface area contributed by atoms with E-state index in [2.05, 4.69) is 0 Å². The second-order valence-electron chi connectivity index (χ2n) is 8.40. The molecule has 3 rings (SSSR count). The number of phenols is 1. The van der Waals surface area contributed by atoms with Crippen LogP contribution in [0.15, 0.2) is 54.6 Å². The highest BCUT2D eigenvalue weighted by molar-refractivity contribution is 5.55. The van der Waals surface area contributed by atoms with Gasteiger partial charge in [0.1, 0.15) is 12.2 Å². The molecule has 3 aromatic rings. The van der Waals surface area contributed by atoms with Crippen LogP contribution in [0.1, 0.15) is 23.3 Å². The van der Waals surface area contributed by atoms with E-state index in [9.17, 15) is 25.5 Å². The Morgan fingerprint density at radius 1 is 0.590 bits per heavy atom. The lowest BCUT2D eigenvalue weighted by Crippen LogP contribution is -2.30. The van der Waals surface area contributed by atoms with Crippen molar-refractivity contribution in [2.75, 3.05) is 41.7 Å².